The Labute approximate surface area is 217 Å². The number of hydrogen-bond acceptors (Lipinski definition) is 5. The van der Waals surface area contributed by atoms with E-state index in [9.17, 15) is 9.59 Å². The van der Waals surface area contributed by atoms with Crippen LogP contribution in [0.2, 0.25) is 0 Å². The van der Waals surface area contributed by atoms with Crippen molar-refractivity contribution in [2.45, 2.75) is 33.2 Å². The normalized spacial score (nSPS) is 11.9. The SMILES string of the molecule is CCOc1ccc(-n2c(C(CC)N(CCOC)C(=O)c3ccccc3C)nc3ccccc3c2=O)cc1. The number of nitrogens with zero attached hydrogens (tertiary/aromatic N) is 3. The molecule has 0 bridgehead atoms. The number of carbonyl (C=O) groups is 1. The van der Waals surface area contributed by atoms with Gasteiger partial charge in [-0.15, -0.1) is 0 Å². The summed E-state index contributed by atoms with van der Waals surface area (Å²) in [4.78, 5) is 34.5. The van der Waals surface area contributed by atoms with Gasteiger partial charge in [0, 0.05) is 19.2 Å². The molecule has 0 radical (unpaired) electrons. The molecule has 7 heteroatoms. The highest BCUT2D eigenvalue weighted by molar-refractivity contribution is 5.96. The van der Waals surface area contributed by atoms with Crippen LogP contribution in [0.5, 0.6) is 5.75 Å². The van der Waals surface area contributed by atoms with Crippen molar-refractivity contribution in [1.29, 1.82) is 0 Å². The van der Waals surface area contributed by atoms with E-state index in [2.05, 4.69) is 0 Å². The summed E-state index contributed by atoms with van der Waals surface area (Å²) in [6.45, 7) is 7.11. The lowest BCUT2D eigenvalue weighted by Gasteiger charge is -2.32. The van der Waals surface area contributed by atoms with E-state index in [0.717, 1.165) is 11.3 Å². The van der Waals surface area contributed by atoms with Crippen molar-refractivity contribution in [1.82, 2.24) is 14.5 Å². The molecule has 0 fully saturated rings. The van der Waals surface area contributed by atoms with Crippen molar-refractivity contribution in [2.24, 2.45) is 0 Å². The first-order valence-corrected chi connectivity index (χ1v) is 12.6. The van der Waals surface area contributed by atoms with Crippen LogP contribution >= 0.6 is 0 Å². The van der Waals surface area contributed by atoms with Crippen LogP contribution in [0, 0.1) is 6.92 Å². The monoisotopic (exact) mass is 499 g/mol. The lowest BCUT2D eigenvalue weighted by Crippen LogP contribution is -2.40. The second-order valence-electron chi connectivity index (χ2n) is 8.78. The lowest BCUT2D eigenvalue weighted by molar-refractivity contribution is 0.0579. The molecule has 1 unspecified atom stereocenters. The summed E-state index contributed by atoms with van der Waals surface area (Å²) in [6.07, 6.45) is 0.559. The maximum atomic E-state index is 13.9. The van der Waals surface area contributed by atoms with E-state index in [1.165, 1.54) is 0 Å². The Bertz CT molecular complexity index is 1430. The van der Waals surface area contributed by atoms with E-state index in [1.807, 2.05) is 87.5 Å². The van der Waals surface area contributed by atoms with Crippen LogP contribution in [-0.4, -0.2) is 47.2 Å². The van der Waals surface area contributed by atoms with Gasteiger partial charge in [0.05, 0.1) is 35.8 Å². The number of methoxy groups -OCH3 is 1. The Morgan fingerprint density at radius 3 is 2.38 bits per heavy atom. The molecule has 1 amide bonds. The average Bonchev–Trinajstić information content (AvgIpc) is 2.92. The van der Waals surface area contributed by atoms with Gasteiger partial charge >= 0.3 is 0 Å². The van der Waals surface area contributed by atoms with Crippen LogP contribution in [0.3, 0.4) is 0 Å². The molecule has 37 heavy (non-hydrogen) atoms. The molecule has 0 saturated carbocycles. The molecule has 0 aliphatic rings. The van der Waals surface area contributed by atoms with Crippen molar-refractivity contribution in [3.63, 3.8) is 0 Å². The number of benzene rings is 3. The smallest absolute Gasteiger partial charge is 0.266 e. The van der Waals surface area contributed by atoms with Crippen molar-refractivity contribution >= 4 is 16.8 Å². The zero-order valence-corrected chi connectivity index (χ0v) is 21.8. The molecule has 192 valence electrons. The predicted octanol–water partition coefficient (Wildman–Crippen LogP) is 5.33. The van der Waals surface area contributed by atoms with Crippen LogP contribution in [0.15, 0.2) is 77.6 Å². The minimum Gasteiger partial charge on any atom is -0.494 e. The standard InChI is InChI=1S/C30H33N3O4/c1-5-27(32(19-20-36-4)29(34)24-12-8-7-11-21(24)3)28-31-26-14-10-9-13-25(26)30(35)33(28)22-15-17-23(18-16-22)37-6-2/h7-18,27H,5-6,19-20H2,1-4H3. The third kappa shape index (κ3) is 5.42. The summed E-state index contributed by atoms with van der Waals surface area (Å²) in [5, 5.41) is 0.517. The Hall–Kier alpha value is -3.97. The number of ether oxygens (including phenoxy) is 2. The Balaban J connectivity index is 1.92. The molecule has 0 spiro atoms. The summed E-state index contributed by atoms with van der Waals surface area (Å²) >= 11 is 0. The zero-order valence-electron chi connectivity index (χ0n) is 21.8. The van der Waals surface area contributed by atoms with Crippen molar-refractivity contribution in [2.75, 3.05) is 26.9 Å². The third-order valence-corrected chi connectivity index (χ3v) is 6.44. The second-order valence-corrected chi connectivity index (χ2v) is 8.78. The molecular formula is C30H33N3O4. The van der Waals surface area contributed by atoms with Crippen LogP contribution in [0.4, 0.5) is 0 Å². The van der Waals surface area contributed by atoms with Gasteiger partial charge < -0.3 is 14.4 Å². The highest BCUT2D eigenvalue weighted by atomic mass is 16.5. The molecular weight excluding hydrogens is 466 g/mol. The molecule has 1 aromatic heterocycles. The van der Waals surface area contributed by atoms with Gasteiger partial charge in [-0.2, -0.15) is 0 Å². The molecule has 0 aliphatic heterocycles. The predicted molar refractivity (Wildman–Crippen MR) is 146 cm³/mol. The molecule has 1 heterocycles. The first-order valence-electron chi connectivity index (χ1n) is 12.6. The number of amides is 1. The number of para-hydroxylation sites is 1. The molecule has 3 aromatic carbocycles. The zero-order chi connectivity index (χ0) is 26.4. The van der Waals surface area contributed by atoms with E-state index in [0.29, 0.717) is 54.2 Å². The van der Waals surface area contributed by atoms with Crippen LogP contribution < -0.4 is 10.3 Å². The highest BCUT2D eigenvalue weighted by Crippen LogP contribution is 2.28. The number of hydrogen-bond donors (Lipinski definition) is 0. The molecule has 4 aromatic rings. The average molecular weight is 500 g/mol. The van der Waals surface area contributed by atoms with Gasteiger partial charge in [0.15, 0.2) is 0 Å². The summed E-state index contributed by atoms with van der Waals surface area (Å²) < 4.78 is 12.6. The number of aromatic nitrogens is 2. The minimum atomic E-state index is -0.467. The number of rotatable bonds is 10. The van der Waals surface area contributed by atoms with E-state index < -0.39 is 6.04 Å². The fourth-order valence-corrected chi connectivity index (χ4v) is 4.58. The Morgan fingerprint density at radius 2 is 1.70 bits per heavy atom. The van der Waals surface area contributed by atoms with Crippen molar-refractivity contribution in [3.05, 3.63) is 100 Å². The van der Waals surface area contributed by atoms with Gasteiger partial charge in [-0.3, -0.25) is 14.2 Å². The quantitative estimate of drug-likeness (QED) is 0.295. The van der Waals surface area contributed by atoms with Gasteiger partial charge in [0.25, 0.3) is 11.5 Å². The summed E-state index contributed by atoms with van der Waals surface area (Å²) in [7, 11) is 1.61. The summed E-state index contributed by atoms with van der Waals surface area (Å²) in [5.74, 6) is 1.11. The van der Waals surface area contributed by atoms with Gasteiger partial charge in [0.1, 0.15) is 11.6 Å². The third-order valence-electron chi connectivity index (χ3n) is 6.44. The molecule has 0 aliphatic carbocycles. The molecule has 7 nitrogen and oxygen atoms in total. The topological polar surface area (TPSA) is 73.7 Å². The maximum absolute atomic E-state index is 13.9. The van der Waals surface area contributed by atoms with Gasteiger partial charge in [-0.05, 0) is 68.3 Å². The lowest BCUT2D eigenvalue weighted by atomic mass is 10.0. The van der Waals surface area contributed by atoms with Crippen molar-refractivity contribution in [3.8, 4) is 11.4 Å². The number of aryl methyl sites for hydroxylation is 1. The fraction of sp³-hybridized carbons (Fsp3) is 0.300. The van der Waals surface area contributed by atoms with E-state index >= 15 is 0 Å². The van der Waals surface area contributed by atoms with E-state index in [4.69, 9.17) is 14.5 Å². The largest absolute Gasteiger partial charge is 0.494 e. The van der Waals surface area contributed by atoms with Gasteiger partial charge in [-0.1, -0.05) is 37.3 Å². The number of carbonyl (C=O) groups excluding carboxylic acids is 1. The first-order chi connectivity index (χ1) is 18.0. The van der Waals surface area contributed by atoms with Crippen molar-refractivity contribution < 1.29 is 14.3 Å². The van der Waals surface area contributed by atoms with Crippen LogP contribution in [0.25, 0.3) is 16.6 Å². The van der Waals surface area contributed by atoms with Gasteiger partial charge in [0.2, 0.25) is 0 Å². The first kappa shape index (κ1) is 26.1. The number of fused-ring (bicyclic) bond motifs is 1. The molecule has 1 atom stereocenters. The highest BCUT2D eigenvalue weighted by Gasteiger charge is 2.30. The summed E-state index contributed by atoms with van der Waals surface area (Å²) in [5.41, 5.74) is 2.58. The van der Waals surface area contributed by atoms with Crippen LogP contribution in [-0.2, 0) is 4.74 Å². The molecule has 4 rings (SSSR count). The second kappa shape index (κ2) is 11.8. The van der Waals surface area contributed by atoms with E-state index in [-0.39, 0.29) is 11.5 Å². The fourth-order valence-electron chi connectivity index (χ4n) is 4.58. The summed E-state index contributed by atoms with van der Waals surface area (Å²) in [6, 6.07) is 21.7. The maximum Gasteiger partial charge on any atom is 0.266 e. The van der Waals surface area contributed by atoms with E-state index in [1.54, 1.807) is 22.6 Å². The Morgan fingerprint density at radius 1 is 1.00 bits per heavy atom. The molecule has 0 N–H and O–H groups in total. The van der Waals surface area contributed by atoms with Gasteiger partial charge in [-0.25, -0.2) is 4.98 Å². The Kier molecular flexibility index (Phi) is 8.36. The van der Waals surface area contributed by atoms with Crippen LogP contribution in [0.1, 0.15) is 48.1 Å². The molecule has 0 saturated heterocycles. The minimum absolute atomic E-state index is 0.123.